The van der Waals surface area contributed by atoms with E-state index in [1.54, 1.807) is 0 Å². The molecule has 0 unspecified atom stereocenters. The SMILES string of the molecule is c1ccc(N(c2ccc(-c3ccccc3-n3c4ccccc4c4ccccc43)cc2)c2ccc(-c3cccc4ccccc34)cc2)c(-c2ccc3oc4ccccc4c3c2)c1. The molecule has 2 heterocycles. The van der Waals surface area contributed by atoms with Crippen LogP contribution >= 0.6 is 0 Å². The zero-order valence-electron chi connectivity index (χ0n) is 33.2. The molecule has 0 aliphatic rings. The van der Waals surface area contributed by atoms with Crippen LogP contribution in [-0.2, 0) is 0 Å². The Balaban J connectivity index is 1.00. The van der Waals surface area contributed by atoms with Gasteiger partial charge in [0.2, 0.25) is 0 Å². The van der Waals surface area contributed by atoms with Gasteiger partial charge in [0, 0.05) is 44.0 Å². The van der Waals surface area contributed by atoms with E-state index in [1.165, 1.54) is 49.3 Å². The summed E-state index contributed by atoms with van der Waals surface area (Å²) < 4.78 is 8.65. The molecule has 0 fully saturated rings. The average Bonchev–Trinajstić information content (AvgIpc) is 3.88. The van der Waals surface area contributed by atoms with E-state index in [0.29, 0.717) is 0 Å². The third kappa shape index (κ3) is 5.82. The van der Waals surface area contributed by atoms with Gasteiger partial charge < -0.3 is 13.9 Å². The van der Waals surface area contributed by atoms with Crippen molar-refractivity contribution in [3.8, 4) is 39.1 Å². The first-order valence-corrected chi connectivity index (χ1v) is 20.8. The first kappa shape index (κ1) is 34.9. The third-order valence-corrected chi connectivity index (χ3v) is 12.2. The van der Waals surface area contributed by atoms with Crippen molar-refractivity contribution < 1.29 is 4.42 Å². The molecule has 286 valence electrons. The lowest BCUT2D eigenvalue weighted by atomic mass is 9.97. The molecule has 12 rings (SSSR count). The predicted molar refractivity (Wildman–Crippen MR) is 257 cm³/mol. The van der Waals surface area contributed by atoms with Crippen LogP contribution in [0.1, 0.15) is 0 Å². The molecule has 0 aliphatic carbocycles. The molecule has 0 atom stereocenters. The monoisotopic (exact) mass is 778 g/mol. The highest BCUT2D eigenvalue weighted by Crippen LogP contribution is 2.44. The quantitative estimate of drug-likeness (QED) is 0.161. The Morgan fingerprint density at radius 1 is 0.328 bits per heavy atom. The van der Waals surface area contributed by atoms with Gasteiger partial charge >= 0.3 is 0 Å². The maximum Gasteiger partial charge on any atom is 0.135 e. The number of hydrogen-bond donors (Lipinski definition) is 0. The number of furan rings is 1. The number of rotatable bonds is 7. The van der Waals surface area contributed by atoms with Gasteiger partial charge in [0.25, 0.3) is 0 Å². The van der Waals surface area contributed by atoms with Crippen LogP contribution in [0.2, 0.25) is 0 Å². The molecule has 10 aromatic carbocycles. The second kappa shape index (κ2) is 14.3. The second-order valence-corrected chi connectivity index (χ2v) is 15.7. The molecule has 3 heteroatoms. The summed E-state index contributed by atoms with van der Waals surface area (Å²) in [6.45, 7) is 0. The van der Waals surface area contributed by atoms with Gasteiger partial charge in [0.1, 0.15) is 11.2 Å². The number of nitrogens with zero attached hydrogens (tertiary/aromatic N) is 2. The predicted octanol–water partition coefficient (Wildman–Crippen LogP) is 16.3. The van der Waals surface area contributed by atoms with Crippen molar-refractivity contribution >= 4 is 71.6 Å². The van der Waals surface area contributed by atoms with Crippen molar-refractivity contribution in [1.29, 1.82) is 0 Å². The fraction of sp³-hybridized carbons (Fsp3) is 0. The highest BCUT2D eigenvalue weighted by atomic mass is 16.3. The van der Waals surface area contributed by atoms with Crippen LogP contribution in [0.25, 0.3) is 93.6 Å². The number of benzene rings is 10. The zero-order valence-corrected chi connectivity index (χ0v) is 33.2. The summed E-state index contributed by atoms with van der Waals surface area (Å²) in [4.78, 5) is 2.39. The molecule has 0 bridgehead atoms. The highest BCUT2D eigenvalue weighted by Gasteiger charge is 2.20. The topological polar surface area (TPSA) is 21.3 Å². The number of hydrogen-bond acceptors (Lipinski definition) is 2. The summed E-state index contributed by atoms with van der Waals surface area (Å²) in [5, 5.41) is 7.23. The third-order valence-electron chi connectivity index (χ3n) is 12.2. The van der Waals surface area contributed by atoms with Crippen LogP contribution in [0.4, 0.5) is 17.1 Å². The Labute approximate surface area is 353 Å². The molecular formula is C58H38N2O. The van der Waals surface area contributed by atoms with Gasteiger partial charge in [-0.05, 0) is 99.8 Å². The largest absolute Gasteiger partial charge is 0.456 e. The Morgan fingerprint density at radius 2 is 0.836 bits per heavy atom. The standard InChI is InChI=1S/C58H38N2O/c1-2-16-45-39(14-1)15-13-22-46(45)40-28-33-43(34-29-40)59(53-23-8-4-18-48(53)42-32-37-58-52(38-42)51-21-7-12-27-57(51)61-58)44-35-30-41(31-36-44)47-17-3-9-24-54(47)60-55-25-10-5-19-49(55)50-20-6-11-26-56(50)60/h1-38H. The van der Waals surface area contributed by atoms with Crippen molar-refractivity contribution in [2.75, 3.05) is 4.90 Å². The van der Waals surface area contributed by atoms with E-state index in [-0.39, 0.29) is 0 Å². The lowest BCUT2D eigenvalue weighted by molar-refractivity contribution is 0.669. The fourth-order valence-electron chi connectivity index (χ4n) is 9.39. The lowest BCUT2D eigenvalue weighted by Crippen LogP contribution is -2.11. The molecular weight excluding hydrogens is 741 g/mol. The first-order chi connectivity index (χ1) is 30.3. The average molecular weight is 779 g/mol. The molecule has 3 nitrogen and oxygen atoms in total. The molecule has 0 saturated heterocycles. The maximum atomic E-state index is 6.24. The summed E-state index contributed by atoms with van der Waals surface area (Å²) in [6, 6.07) is 83.0. The Bertz CT molecular complexity index is 3530. The molecule has 0 spiro atoms. The molecule has 12 aromatic rings. The molecule has 0 saturated carbocycles. The minimum atomic E-state index is 0.889. The molecule has 2 aromatic heterocycles. The van der Waals surface area contributed by atoms with Crippen LogP contribution in [0.5, 0.6) is 0 Å². The first-order valence-electron chi connectivity index (χ1n) is 20.8. The second-order valence-electron chi connectivity index (χ2n) is 15.7. The van der Waals surface area contributed by atoms with Gasteiger partial charge in [0.05, 0.1) is 22.4 Å². The number of anilines is 3. The van der Waals surface area contributed by atoms with Gasteiger partial charge in [-0.2, -0.15) is 0 Å². The van der Waals surface area contributed by atoms with E-state index in [4.69, 9.17) is 4.42 Å². The summed E-state index contributed by atoms with van der Waals surface area (Å²) in [7, 11) is 0. The molecule has 61 heavy (non-hydrogen) atoms. The Morgan fingerprint density at radius 3 is 1.57 bits per heavy atom. The zero-order chi connectivity index (χ0) is 40.3. The van der Waals surface area contributed by atoms with E-state index in [2.05, 4.69) is 228 Å². The van der Waals surface area contributed by atoms with Gasteiger partial charge in [-0.15, -0.1) is 0 Å². The van der Waals surface area contributed by atoms with E-state index < -0.39 is 0 Å². The van der Waals surface area contributed by atoms with Crippen molar-refractivity contribution in [2.24, 2.45) is 0 Å². The van der Waals surface area contributed by atoms with Crippen molar-refractivity contribution in [2.45, 2.75) is 0 Å². The molecule has 0 radical (unpaired) electrons. The minimum Gasteiger partial charge on any atom is -0.456 e. The number of fused-ring (bicyclic) bond motifs is 7. The van der Waals surface area contributed by atoms with E-state index in [1.807, 2.05) is 12.1 Å². The van der Waals surface area contributed by atoms with Crippen LogP contribution < -0.4 is 4.90 Å². The molecule has 0 aliphatic heterocycles. The summed E-state index contributed by atoms with van der Waals surface area (Å²) in [5.74, 6) is 0. The Kier molecular flexibility index (Phi) is 8.17. The van der Waals surface area contributed by atoms with Crippen molar-refractivity contribution in [1.82, 2.24) is 4.57 Å². The summed E-state index contributed by atoms with van der Waals surface area (Å²) in [6.07, 6.45) is 0. The van der Waals surface area contributed by atoms with Crippen LogP contribution in [-0.4, -0.2) is 4.57 Å². The van der Waals surface area contributed by atoms with E-state index in [9.17, 15) is 0 Å². The number of para-hydroxylation sites is 5. The van der Waals surface area contributed by atoms with Crippen molar-refractivity contribution in [3.05, 3.63) is 231 Å². The van der Waals surface area contributed by atoms with E-state index in [0.717, 1.165) is 61.4 Å². The summed E-state index contributed by atoms with van der Waals surface area (Å²) in [5.41, 5.74) is 15.6. The number of aromatic nitrogens is 1. The fourth-order valence-corrected chi connectivity index (χ4v) is 9.39. The maximum absolute atomic E-state index is 6.24. The van der Waals surface area contributed by atoms with Gasteiger partial charge in [-0.3, -0.25) is 0 Å². The minimum absolute atomic E-state index is 0.889. The van der Waals surface area contributed by atoms with Crippen LogP contribution in [0, 0.1) is 0 Å². The smallest absolute Gasteiger partial charge is 0.135 e. The summed E-state index contributed by atoms with van der Waals surface area (Å²) >= 11 is 0. The van der Waals surface area contributed by atoms with Crippen LogP contribution in [0.3, 0.4) is 0 Å². The Hall–Kier alpha value is -8.14. The van der Waals surface area contributed by atoms with Gasteiger partial charge in [-0.1, -0.05) is 164 Å². The van der Waals surface area contributed by atoms with Crippen molar-refractivity contribution in [3.63, 3.8) is 0 Å². The molecule has 0 N–H and O–H groups in total. The normalized spacial score (nSPS) is 11.6. The van der Waals surface area contributed by atoms with Crippen LogP contribution in [0.15, 0.2) is 235 Å². The van der Waals surface area contributed by atoms with Gasteiger partial charge in [0.15, 0.2) is 0 Å². The van der Waals surface area contributed by atoms with E-state index >= 15 is 0 Å². The van der Waals surface area contributed by atoms with Gasteiger partial charge in [-0.25, -0.2) is 0 Å². The lowest BCUT2D eigenvalue weighted by Gasteiger charge is -2.28. The molecule has 0 amide bonds. The highest BCUT2D eigenvalue weighted by molar-refractivity contribution is 6.10.